The van der Waals surface area contributed by atoms with E-state index < -0.39 is 5.76 Å². The molecule has 1 heterocycles. The lowest BCUT2D eigenvalue weighted by Crippen LogP contribution is -2.17. The van der Waals surface area contributed by atoms with Gasteiger partial charge in [0.05, 0.1) is 24.8 Å². The van der Waals surface area contributed by atoms with Crippen molar-refractivity contribution in [2.24, 2.45) is 0 Å². The van der Waals surface area contributed by atoms with Crippen molar-refractivity contribution in [1.82, 2.24) is 5.32 Å². The van der Waals surface area contributed by atoms with E-state index in [4.69, 9.17) is 9.15 Å². The number of ether oxygens (including phenoxy) is 1. The molecule has 0 saturated heterocycles. The van der Waals surface area contributed by atoms with E-state index >= 15 is 0 Å². The lowest BCUT2D eigenvalue weighted by atomic mass is 10.1. The summed E-state index contributed by atoms with van der Waals surface area (Å²) in [6, 6.07) is 9.05. The molecule has 0 bridgehead atoms. The molecule has 3 nitrogen and oxygen atoms in total. The maximum Gasteiger partial charge on any atom is 0.289 e. The van der Waals surface area contributed by atoms with Crippen molar-refractivity contribution in [1.29, 1.82) is 0 Å². The van der Waals surface area contributed by atoms with Gasteiger partial charge in [-0.3, -0.25) is 0 Å². The van der Waals surface area contributed by atoms with Crippen molar-refractivity contribution in [2.45, 2.75) is 30.2 Å². The first-order valence-electron chi connectivity index (χ1n) is 6.48. The number of hydrogen-bond acceptors (Lipinski definition) is 4. The van der Waals surface area contributed by atoms with E-state index in [0.29, 0.717) is 29.0 Å². The molecule has 0 spiro atoms. The summed E-state index contributed by atoms with van der Waals surface area (Å²) in [5, 5.41) is 3.31. The second-order valence-corrected chi connectivity index (χ2v) is 5.50. The smallest absolute Gasteiger partial charge is 0.289 e. The highest BCUT2D eigenvalue weighted by molar-refractivity contribution is 7.99. The summed E-state index contributed by atoms with van der Waals surface area (Å²) in [7, 11) is 1.48. The fourth-order valence-corrected chi connectivity index (χ4v) is 2.53. The fourth-order valence-electron chi connectivity index (χ4n) is 1.93. The molecule has 1 aromatic heterocycles. The van der Waals surface area contributed by atoms with Gasteiger partial charge in [0.1, 0.15) is 11.5 Å². The monoisotopic (exact) mass is 313 g/mol. The van der Waals surface area contributed by atoms with Crippen LogP contribution in [0.5, 0.6) is 5.75 Å². The zero-order chi connectivity index (χ0) is 15.2. The molecule has 1 aromatic carbocycles. The van der Waals surface area contributed by atoms with E-state index in [1.807, 2.05) is 25.1 Å². The van der Waals surface area contributed by atoms with Gasteiger partial charge in [-0.05, 0) is 36.8 Å². The van der Waals surface area contributed by atoms with Crippen LogP contribution in [0.1, 0.15) is 24.3 Å². The minimum absolute atomic E-state index is 0.0506. The SMILES string of the molecule is COc1cc([C@H](C)NCc2ccco2)ccc1SC(F)F. The van der Waals surface area contributed by atoms with E-state index in [2.05, 4.69) is 5.32 Å². The van der Waals surface area contributed by atoms with Gasteiger partial charge in [-0.25, -0.2) is 0 Å². The highest BCUT2D eigenvalue weighted by Gasteiger charge is 2.13. The number of thioether (sulfide) groups is 1. The van der Waals surface area contributed by atoms with Gasteiger partial charge in [-0.1, -0.05) is 17.8 Å². The standard InChI is InChI=1S/C15H17F2NO2S/c1-10(18-9-12-4-3-7-20-12)11-5-6-14(21-15(16)17)13(8-11)19-2/h3-8,10,15,18H,9H2,1-2H3/t10-/m0/s1. The van der Waals surface area contributed by atoms with Crippen molar-refractivity contribution in [2.75, 3.05) is 7.11 Å². The normalized spacial score (nSPS) is 12.6. The molecule has 0 aliphatic carbocycles. The average molecular weight is 313 g/mol. The molecule has 0 aliphatic rings. The number of furan rings is 1. The zero-order valence-corrected chi connectivity index (χ0v) is 12.6. The van der Waals surface area contributed by atoms with Gasteiger partial charge in [0.25, 0.3) is 5.76 Å². The molecule has 0 aliphatic heterocycles. The van der Waals surface area contributed by atoms with Crippen molar-refractivity contribution in [3.63, 3.8) is 0 Å². The Morgan fingerprint density at radius 1 is 1.33 bits per heavy atom. The van der Waals surface area contributed by atoms with Crippen LogP contribution in [0.25, 0.3) is 0 Å². The summed E-state index contributed by atoms with van der Waals surface area (Å²) in [5.74, 6) is -1.15. The molecule has 0 saturated carbocycles. The summed E-state index contributed by atoms with van der Waals surface area (Å²) >= 11 is 0.488. The van der Waals surface area contributed by atoms with Crippen molar-refractivity contribution in [3.05, 3.63) is 47.9 Å². The maximum atomic E-state index is 12.5. The van der Waals surface area contributed by atoms with Gasteiger partial charge in [0.15, 0.2) is 0 Å². The Balaban J connectivity index is 2.05. The van der Waals surface area contributed by atoms with Crippen molar-refractivity contribution >= 4 is 11.8 Å². The number of alkyl halides is 2. The van der Waals surface area contributed by atoms with Crippen LogP contribution in [0.3, 0.4) is 0 Å². The highest BCUT2D eigenvalue weighted by Crippen LogP contribution is 2.35. The van der Waals surface area contributed by atoms with Gasteiger partial charge in [0, 0.05) is 6.04 Å². The Morgan fingerprint density at radius 2 is 2.14 bits per heavy atom. The molecular formula is C15H17F2NO2S. The topological polar surface area (TPSA) is 34.4 Å². The van der Waals surface area contributed by atoms with Gasteiger partial charge in [0.2, 0.25) is 0 Å². The summed E-state index contributed by atoms with van der Waals surface area (Å²) < 4.78 is 35.4. The molecule has 6 heteroatoms. The molecule has 0 unspecified atom stereocenters. The first kappa shape index (κ1) is 15.9. The summed E-state index contributed by atoms with van der Waals surface area (Å²) in [4.78, 5) is 0.439. The number of halogens is 2. The van der Waals surface area contributed by atoms with Crippen LogP contribution < -0.4 is 10.1 Å². The van der Waals surface area contributed by atoms with Gasteiger partial charge in [-0.2, -0.15) is 8.78 Å². The van der Waals surface area contributed by atoms with Crippen LogP contribution in [0.2, 0.25) is 0 Å². The van der Waals surface area contributed by atoms with Crippen LogP contribution in [0.4, 0.5) is 8.78 Å². The number of benzene rings is 1. The molecule has 1 N–H and O–H groups in total. The Morgan fingerprint density at radius 3 is 2.76 bits per heavy atom. The third-order valence-electron chi connectivity index (χ3n) is 3.07. The Kier molecular flexibility index (Phi) is 5.64. The molecule has 1 atom stereocenters. The van der Waals surface area contributed by atoms with Gasteiger partial charge < -0.3 is 14.5 Å². The number of hydrogen-bond donors (Lipinski definition) is 1. The van der Waals surface area contributed by atoms with Crippen LogP contribution in [0, 0.1) is 0 Å². The third kappa shape index (κ3) is 4.47. The largest absolute Gasteiger partial charge is 0.496 e. The van der Waals surface area contributed by atoms with E-state index in [1.54, 1.807) is 18.4 Å². The van der Waals surface area contributed by atoms with Gasteiger partial charge >= 0.3 is 0 Å². The minimum atomic E-state index is -2.46. The van der Waals surface area contributed by atoms with E-state index in [1.165, 1.54) is 7.11 Å². The first-order valence-corrected chi connectivity index (χ1v) is 7.36. The Bertz CT molecular complexity index is 561. The predicted molar refractivity (Wildman–Crippen MR) is 78.8 cm³/mol. The maximum absolute atomic E-state index is 12.5. The third-order valence-corrected chi connectivity index (χ3v) is 3.84. The minimum Gasteiger partial charge on any atom is -0.496 e. The van der Waals surface area contributed by atoms with Gasteiger partial charge in [-0.15, -0.1) is 0 Å². The second kappa shape index (κ2) is 7.47. The van der Waals surface area contributed by atoms with E-state index in [9.17, 15) is 8.78 Å². The van der Waals surface area contributed by atoms with Crippen molar-refractivity contribution < 1.29 is 17.9 Å². The zero-order valence-electron chi connectivity index (χ0n) is 11.8. The van der Waals surface area contributed by atoms with Crippen LogP contribution in [-0.2, 0) is 6.54 Å². The molecule has 0 amide bonds. The lowest BCUT2D eigenvalue weighted by Gasteiger charge is -2.16. The fraction of sp³-hybridized carbons (Fsp3) is 0.333. The number of methoxy groups -OCH3 is 1. The molecule has 21 heavy (non-hydrogen) atoms. The van der Waals surface area contributed by atoms with E-state index in [0.717, 1.165) is 11.3 Å². The molecule has 0 fully saturated rings. The molecular weight excluding hydrogens is 296 g/mol. The first-order chi connectivity index (χ1) is 10.1. The average Bonchev–Trinajstić information content (AvgIpc) is 2.98. The number of nitrogens with one attached hydrogen (secondary N) is 1. The predicted octanol–water partition coefficient (Wildman–Crippen LogP) is 4.45. The van der Waals surface area contributed by atoms with Crippen LogP contribution >= 0.6 is 11.8 Å². The lowest BCUT2D eigenvalue weighted by molar-refractivity contribution is 0.251. The highest BCUT2D eigenvalue weighted by atomic mass is 32.2. The van der Waals surface area contributed by atoms with Crippen LogP contribution in [0.15, 0.2) is 45.9 Å². The molecule has 2 aromatic rings. The molecule has 2 rings (SSSR count). The Hall–Kier alpha value is -1.53. The summed E-state index contributed by atoms with van der Waals surface area (Å²) in [5.41, 5.74) is 0.969. The molecule has 0 radical (unpaired) electrons. The molecule has 114 valence electrons. The quantitative estimate of drug-likeness (QED) is 0.766. The van der Waals surface area contributed by atoms with Crippen molar-refractivity contribution in [3.8, 4) is 5.75 Å². The summed E-state index contributed by atoms with van der Waals surface area (Å²) in [6.45, 7) is 2.60. The second-order valence-electron chi connectivity index (χ2n) is 4.47. The number of rotatable bonds is 7. The van der Waals surface area contributed by atoms with Crippen LogP contribution in [-0.4, -0.2) is 12.9 Å². The Labute approximate surface area is 126 Å². The van der Waals surface area contributed by atoms with E-state index in [-0.39, 0.29) is 6.04 Å². The summed E-state index contributed by atoms with van der Waals surface area (Å²) in [6.07, 6.45) is 1.63.